The number of amides is 1. The van der Waals surface area contributed by atoms with Gasteiger partial charge in [-0.15, -0.1) is 0 Å². The molecule has 0 aromatic heterocycles. The molecule has 0 bridgehead atoms. The van der Waals surface area contributed by atoms with Crippen molar-refractivity contribution in [2.45, 2.75) is 18.4 Å². The smallest absolute Gasteiger partial charge is 0.226 e. The lowest BCUT2D eigenvalue weighted by Crippen LogP contribution is -2.37. The molecule has 0 saturated heterocycles. The molecule has 0 aliphatic heterocycles. The molecule has 2 rings (SSSR count). The van der Waals surface area contributed by atoms with Crippen LogP contribution in [0.3, 0.4) is 0 Å². The van der Waals surface area contributed by atoms with Gasteiger partial charge in [0, 0.05) is 26.6 Å². The predicted molar refractivity (Wildman–Crippen MR) is 72.8 cm³/mol. The molecule has 1 amide bonds. The zero-order valence-corrected chi connectivity index (χ0v) is 11.5. The molecule has 4 nitrogen and oxygen atoms in total. The second-order valence-electron chi connectivity index (χ2n) is 5.19. The highest BCUT2D eigenvalue weighted by atomic mass is 16.5. The van der Waals surface area contributed by atoms with Gasteiger partial charge in [-0.05, 0) is 17.9 Å². The number of benzene rings is 1. The fraction of sp³-hybridized carbons (Fsp3) is 0.533. The minimum atomic E-state index is -0.618. The lowest BCUT2D eigenvalue weighted by atomic mass is 10.1. The van der Waals surface area contributed by atoms with Crippen LogP contribution in [0.5, 0.6) is 0 Å². The Labute approximate surface area is 114 Å². The molecule has 0 heterocycles. The quantitative estimate of drug-likeness (QED) is 0.840. The maximum Gasteiger partial charge on any atom is 0.226 e. The van der Waals surface area contributed by atoms with Crippen LogP contribution >= 0.6 is 0 Å². The Bertz CT molecular complexity index is 421. The summed E-state index contributed by atoms with van der Waals surface area (Å²) in [6.45, 7) is 0.578. The first kappa shape index (κ1) is 14.0. The molecule has 104 valence electrons. The van der Waals surface area contributed by atoms with Crippen molar-refractivity contribution >= 4 is 5.91 Å². The summed E-state index contributed by atoms with van der Waals surface area (Å²) in [6, 6.07) is 10.1. The summed E-state index contributed by atoms with van der Waals surface area (Å²) < 4.78 is 4.86. The Kier molecular flexibility index (Phi) is 4.56. The van der Waals surface area contributed by atoms with Crippen LogP contribution in [0.2, 0.25) is 0 Å². The van der Waals surface area contributed by atoms with Crippen LogP contribution < -0.4 is 0 Å². The highest BCUT2D eigenvalue weighted by molar-refractivity contribution is 5.82. The van der Waals surface area contributed by atoms with E-state index in [1.165, 1.54) is 12.7 Å². The number of carbonyl (C=O) groups is 1. The van der Waals surface area contributed by atoms with Crippen LogP contribution in [0.25, 0.3) is 0 Å². The number of carbonyl (C=O) groups excluding carboxylic acids is 1. The molecule has 3 unspecified atom stereocenters. The van der Waals surface area contributed by atoms with E-state index in [1.54, 1.807) is 11.9 Å². The molecular weight excluding hydrogens is 242 g/mol. The van der Waals surface area contributed by atoms with Crippen molar-refractivity contribution < 1.29 is 14.6 Å². The molecule has 19 heavy (non-hydrogen) atoms. The van der Waals surface area contributed by atoms with E-state index in [0.29, 0.717) is 12.5 Å². The predicted octanol–water partition coefficient (Wildman–Crippen LogP) is 1.26. The highest BCUT2D eigenvalue weighted by Gasteiger charge is 2.45. The average Bonchev–Trinajstić information content (AvgIpc) is 3.19. The SMILES string of the molecule is COCC(O)CN(C)C(=O)C1CC1c1ccccc1. The standard InChI is InChI=1S/C15H21NO3/c1-16(9-12(17)10-19-2)15(18)14-8-13(14)11-6-4-3-5-7-11/h3-7,12-14,17H,8-10H2,1-2H3. The topological polar surface area (TPSA) is 49.8 Å². The number of aliphatic hydroxyl groups is 1. The molecule has 3 atom stereocenters. The van der Waals surface area contributed by atoms with Gasteiger partial charge in [-0.25, -0.2) is 0 Å². The first-order chi connectivity index (χ1) is 9.13. The molecule has 1 saturated carbocycles. The number of ether oxygens (including phenoxy) is 1. The van der Waals surface area contributed by atoms with E-state index in [1.807, 2.05) is 18.2 Å². The van der Waals surface area contributed by atoms with Gasteiger partial charge in [0.15, 0.2) is 0 Å². The zero-order valence-electron chi connectivity index (χ0n) is 11.5. The number of hydrogen-bond acceptors (Lipinski definition) is 3. The number of likely N-dealkylation sites (N-methyl/N-ethyl adjacent to an activating group) is 1. The van der Waals surface area contributed by atoms with E-state index in [0.717, 1.165) is 6.42 Å². The minimum absolute atomic E-state index is 0.0714. The van der Waals surface area contributed by atoms with E-state index in [4.69, 9.17) is 4.74 Å². The summed E-state index contributed by atoms with van der Waals surface area (Å²) in [4.78, 5) is 13.8. The van der Waals surface area contributed by atoms with Crippen molar-refractivity contribution in [2.24, 2.45) is 5.92 Å². The van der Waals surface area contributed by atoms with Crippen molar-refractivity contribution in [2.75, 3.05) is 27.3 Å². The van der Waals surface area contributed by atoms with Gasteiger partial charge in [-0.2, -0.15) is 0 Å². The summed E-state index contributed by atoms with van der Waals surface area (Å²) in [5.74, 6) is 0.530. The Morgan fingerprint density at radius 3 is 2.79 bits per heavy atom. The third-order valence-electron chi connectivity index (χ3n) is 3.56. The maximum atomic E-state index is 12.2. The summed E-state index contributed by atoms with van der Waals surface area (Å²) in [6.07, 6.45) is 0.293. The molecule has 0 radical (unpaired) electrons. The van der Waals surface area contributed by atoms with Crippen LogP contribution in [0.4, 0.5) is 0 Å². The van der Waals surface area contributed by atoms with Gasteiger partial charge in [0.05, 0.1) is 12.7 Å². The van der Waals surface area contributed by atoms with Crippen LogP contribution in [0.1, 0.15) is 17.9 Å². The van der Waals surface area contributed by atoms with Gasteiger partial charge in [0.1, 0.15) is 0 Å². The minimum Gasteiger partial charge on any atom is -0.389 e. The van der Waals surface area contributed by atoms with Gasteiger partial charge < -0.3 is 14.7 Å². The molecular formula is C15H21NO3. The summed E-state index contributed by atoms with van der Waals surface area (Å²) >= 11 is 0. The normalized spacial score (nSPS) is 22.9. The molecule has 1 aromatic rings. The van der Waals surface area contributed by atoms with E-state index in [-0.39, 0.29) is 18.4 Å². The zero-order chi connectivity index (χ0) is 13.8. The van der Waals surface area contributed by atoms with Crippen LogP contribution in [0, 0.1) is 5.92 Å². The lowest BCUT2D eigenvalue weighted by Gasteiger charge is -2.20. The number of aliphatic hydroxyl groups excluding tert-OH is 1. The Morgan fingerprint density at radius 1 is 1.47 bits per heavy atom. The van der Waals surface area contributed by atoms with E-state index >= 15 is 0 Å². The highest BCUT2D eigenvalue weighted by Crippen LogP contribution is 2.48. The largest absolute Gasteiger partial charge is 0.389 e. The summed E-state index contributed by atoms with van der Waals surface area (Å²) in [5, 5.41) is 9.63. The molecule has 1 fully saturated rings. The number of hydrogen-bond donors (Lipinski definition) is 1. The molecule has 1 aromatic carbocycles. The fourth-order valence-corrected chi connectivity index (χ4v) is 2.47. The molecule has 4 heteroatoms. The second kappa shape index (κ2) is 6.17. The van der Waals surface area contributed by atoms with Gasteiger partial charge in [0.2, 0.25) is 5.91 Å². The van der Waals surface area contributed by atoms with E-state index < -0.39 is 6.10 Å². The average molecular weight is 263 g/mol. The Morgan fingerprint density at radius 2 is 2.16 bits per heavy atom. The monoisotopic (exact) mass is 263 g/mol. The summed E-state index contributed by atoms with van der Waals surface area (Å²) in [5.41, 5.74) is 1.23. The lowest BCUT2D eigenvalue weighted by molar-refractivity contribution is -0.133. The van der Waals surface area contributed by atoms with Gasteiger partial charge in [0.25, 0.3) is 0 Å². The van der Waals surface area contributed by atoms with Crippen molar-refractivity contribution in [3.8, 4) is 0 Å². The second-order valence-corrected chi connectivity index (χ2v) is 5.19. The third-order valence-corrected chi connectivity index (χ3v) is 3.56. The van der Waals surface area contributed by atoms with Crippen LogP contribution in [0.15, 0.2) is 30.3 Å². The number of methoxy groups -OCH3 is 1. The molecule has 1 aliphatic carbocycles. The first-order valence-electron chi connectivity index (χ1n) is 6.60. The Hall–Kier alpha value is -1.39. The van der Waals surface area contributed by atoms with Gasteiger partial charge in [-0.3, -0.25) is 4.79 Å². The first-order valence-corrected chi connectivity index (χ1v) is 6.60. The van der Waals surface area contributed by atoms with Gasteiger partial charge >= 0.3 is 0 Å². The van der Waals surface area contributed by atoms with Crippen molar-refractivity contribution in [3.05, 3.63) is 35.9 Å². The third kappa shape index (κ3) is 3.55. The molecule has 1 N–H and O–H groups in total. The Balaban J connectivity index is 1.85. The number of rotatable bonds is 6. The molecule has 0 spiro atoms. The van der Waals surface area contributed by atoms with Crippen molar-refractivity contribution in [3.63, 3.8) is 0 Å². The number of nitrogens with zero attached hydrogens (tertiary/aromatic N) is 1. The van der Waals surface area contributed by atoms with E-state index in [2.05, 4.69) is 12.1 Å². The van der Waals surface area contributed by atoms with Crippen LogP contribution in [-0.2, 0) is 9.53 Å². The van der Waals surface area contributed by atoms with E-state index in [9.17, 15) is 9.90 Å². The van der Waals surface area contributed by atoms with Crippen molar-refractivity contribution in [1.29, 1.82) is 0 Å². The van der Waals surface area contributed by atoms with Gasteiger partial charge in [-0.1, -0.05) is 30.3 Å². The van der Waals surface area contributed by atoms with Crippen LogP contribution in [-0.4, -0.2) is 49.3 Å². The molecule has 1 aliphatic rings. The maximum absolute atomic E-state index is 12.2. The van der Waals surface area contributed by atoms with Crippen molar-refractivity contribution in [1.82, 2.24) is 4.90 Å². The fourth-order valence-electron chi connectivity index (χ4n) is 2.47. The summed E-state index contributed by atoms with van der Waals surface area (Å²) in [7, 11) is 3.28.